The first-order valence-electron chi connectivity index (χ1n) is 6.80. The Bertz CT molecular complexity index is 337. The maximum Gasteiger partial charge on any atom is 0.326 e. The number of likely N-dealkylation sites (tertiary alicyclic amines) is 1. The van der Waals surface area contributed by atoms with E-state index in [2.05, 4.69) is 5.32 Å². The standard InChI is InChI=1S/C13H24N2O5/c1-9-5-4-6-15(11(9)12(16)17)13(18)14-7-10(20-3)8-19-2/h9-11H,4-8H2,1-3H3,(H,14,18)(H,16,17). The van der Waals surface area contributed by atoms with Gasteiger partial charge < -0.3 is 24.8 Å². The fourth-order valence-electron chi connectivity index (χ4n) is 2.49. The first kappa shape index (κ1) is 16.7. The van der Waals surface area contributed by atoms with Crippen molar-refractivity contribution in [2.75, 3.05) is 33.9 Å². The summed E-state index contributed by atoms with van der Waals surface area (Å²) in [6.07, 6.45) is 1.41. The van der Waals surface area contributed by atoms with Gasteiger partial charge in [0.15, 0.2) is 0 Å². The number of rotatable bonds is 6. The van der Waals surface area contributed by atoms with Gasteiger partial charge in [0.1, 0.15) is 6.04 Å². The summed E-state index contributed by atoms with van der Waals surface area (Å²) < 4.78 is 10.1. The van der Waals surface area contributed by atoms with Gasteiger partial charge in [0, 0.05) is 27.3 Å². The van der Waals surface area contributed by atoms with E-state index in [9.17, 15) is 14.7 Å². The number of carboxylic acids is 1. The average molecular weight is 288 g/mol. The van der Waals surface area contributed by atoms with Crippen molar-refractivity contribution in [1.82, 2.24) is 10.2 Å². The molecular weight excluding hydrogens is 264 g/mol. The lowest BCUT2D eigenvalue weighted by atomic mass is 9.91. The van der Waals surface area contributed by atoms with E-state index in [1.807, 2.05) is 6.92 Å². The maximum atomic E-state index is 12.1. The van der Waals surface area contributed by atoms with Crippen LogP contribution in [0.1, 0.15) is 19.8 Å². The number of aliphatic carboxylic acids is 1. The number of nitrogens with zero attached hydrogens (tertiary/aromatic N) is 1. The lowest BCUT2D eigenvalue weighted by Crippen LogP contribution is -2.56. The smallest absolute Gasteiger partial charge is 0.326 e. The SMILES string of the molecule is COCC(CNC(=O)N1CCCC(C)C1C(=O)O)OC. The summed E-state index contributed by atoms with van der Waals surface area (Å²) in [5.41, 5.74) is 0. The molecule has 1 aliphatic heterocycles. The van der Waals surface area contributed by atoms with Crippen molar-refractivity contribution in [1.29, 1.82) is 0 Å². The molecule has 0 radical (unpaired) electrons. The molecule has 0 aromatic rings. The number of carbonyl (C=O) groups is 2. The minimum atomic E-state index is -0.951. The fourth-order valence-corrected chi connectivity index (χ4v) is 2.49. The molecule has 7 nitrogen and oxygen atoms in total. The van der Waals surface area contributed by atoms with Crippen molar-refractivity contribution in [3.8, 4) is 0 Å². The Kier molecular flexibility index (Phi) is 6.74. The number of carboxylic acid groups (broad SMARTS) is 1. The van der Waals surface area contributed by atoms with Crippen LogP contribution in [0, 0.1) is 5.92 Å². The molecule has 0 spiro atoms. The van der Waals surface area contributed by atoms with E-state index in [-0.39, 0.29) is 18.1 Å². The quantitative estimate of drug-likeness (QED) is 0.745. The minimum Gasteiger partial charge on any atom is -0.480 e. The number of urea groups is 1. The minimum absolute atomic E-state index is 0.0378. The average Bonchev–Trinajstić information content (AvgIpc) is 2.42. The van der Waals surface area contributed by atoms with Gasteiger partial charge in [0.25, 0.3) is 0 Å². The maximum absolute atomic E-state index is 12.1. The fraction of sp³-hybridized carbons (Fsp3) is 0.846. The molecule has 7 heteroatoms. The molecule has 0 aliphatic carbocycles. The molecule has 1 rings (SSSR count). The second-order valence-electron chi connectivity index (χ2n) is 5.10. The third kappa shape index (κ3) is 4.35. The Morgan fingerprint density at radius 2 is 2.15 bits per heavy atom. The van der Waals surface area contributed by atoms with Crippen molar-refractivity contribution in [2.45, 2.75) is 31.9 Å². The number of nitrogens with one attached hydrogen (secondary N) is 1. The predicted octanol–water partition coefficient (Wildman–Crippen LogP) is 0.543. The van der Waals surface area contributed by atoms with Crippen molar-refractivity contribution in [3.05, 3.63) is 0 Å². The summed E-state index contributed by atoms with van der Waals surface area (Å²) in [5.74, 6) is -0.989. The molecule has 1 saturated heterocycles. The number of hydrogen-bond acceptors (Lipinski definition) is 4. The van der Waals surface area contributed by atoms with E-state index in [0.29, 0.717) is 19.7 Å². The molecule has 0 aromatic heterocycles. The van der Waals surface area contributed by atoms with E-state index in [1.54, 1.807) is 14.2 Å². The van der Waals surface area contributed by atoms with Gasteiger partial charge in [-0.2, -0.15) is 0 Å². The van der Waals surface area contributed by atoms with Gasteiger partial charge in [-0.25, -0.2) is 9.59 Å². The van der Waals surface area contributed by atoms with Gasteiger partial charge in [-0.05, 0) is 18.8 Å². The van der Waals surface area contributed by atoms with Gasteiger partial charge in [0.2, 0.25) is 0 Å². The number of amides is 2. The van der Waals surface area contributed by atoms with Crippen LogP contribution in [0.3, 0.4) is 0 Å². The number of hydrogen-bond donors (Lipinski definition) is 2. The zero-order valence-corrected chi connectivity index (χ0v) is 12.3. The lowest BCUT2D eigenvalue weighted by molar-refractivity contribution is -0.145. The van der Waals surface area contributed by atoms with Crippen molar-refractivity contribution >= 4 is 12.0 Å². The molecule has 116 valence electrons. The monoisotopic (exact) mass is 288 g/mol. The van der Waals surface area contributed by atoms with Crippen molar-refractivity contribution < 1.29 is 24.2 Å². The molecule has 20 heavy (non-hydrogen) atoms. The first-order valence-corrected chi connectivity index (χ1v) is 6.80. The van der Waals surface area contributed by atoms with Crippen LogP contribution in [0.4, 0.5) is 4.79 Å². The second-order valence-corrected chi connectivity index (χ2v) is 5.10. The highest BCUT2D eigenvalue weighted by atomic mass is 16.5. The normalized spacial score (nSPS) is 24.2. The molecule has 1 aliphatic rings. The van der Waals surface area contributed by atoms with E-state index in [4.69, 9.17) is 9.47 Å². The van der Waals surface area contributed by atoms with E-state index in [1.165, 1.54) is 4.90 Å². The zero-order chi connectivity index (χ0) is 15.1. The molecule has 0 aromatic carbocycles. The van der Waals surface area contributed by atoms with Crippen molar-refractivity contribution in [3.63, 3.8) is 0 Å². The van der Waals surface area contributed by atoms with Crippen LogP contribution in [0.15, 0.2) is 0 Å². The molecule has 2 amide bonds. The summed E-state index contributed by atoms with van der Waals surface area (Å²) in [6, 6.07) is -1.12. The third-order valence-electron chi connectivity index (χ3n) is 3.61. The highest BCUT2D eigenvalue weighted by molar-refractivity contribution is 5.83. The second kappa shape index (κ2) is 8.06. The Hall–Kier alpha value is -1.34. The van der Waals surface area contributed by atoms with Crippen LogP contribution in [0.25, 0.3) is 0 Å². The van der Waals surface area contributed by atoms with Gasteiger partial charge in [-0.3, -0.25) is 0 Å². The lowest BCUT2D eigenvalue weighted by Gasteiger charge is -2.37. The Morgan fingerprint density at radius 1 is 1.45 bits per heavy atom. The largest absolute Gasteiger partial charge is 0.480 e. The van der Waals surface area contributed by atoms with E-state index >= 15 is 0 Å². The number of piperidine rings is 1. The summed E-state index contributed by atoms with van der Waals surface area (Å²) in [6.45, 7) is 2.99. The third-order valence-corrected chi connectivity index (χ3v) is 3.61. The van der Waals surface area contributed by atoms with Gasteiger partial charge in [0.05, 0.1) is 12.7 Å². The van der Waals surface area contributed by atoms with Crippen LogP contribution in [-0.4, -0.2) is 68.1 Å². The number of ether oxygens (including phenoxy) is 2. The summed E-state index contributed by atoms with van der Waals surface area (Å²) in [4.78, 5) is 24.8. The number of carbonyl (C=O) groups excluding carboxylic acids is 1. The van der Waals surface area contributed by atoms with Crippen LogP contribution < -0.4 is 5.32 Å². The summed E-state index contributed by atoms with van der Waals surface area (Å²) in [7, 11) is 3.10. The molecule has 3 unspecified atom stereocenters. The van der Waals surface area contributed by atoms with Gasteiger partial charge >= 0.3 is 12.0 Å². The topological polar surface area (TPSA) is 88.1 Å². The predicted molar refractivity (Wildman–Crippen MR) is 72.6 cm³/mol. The molecule has 1 heterocycles. The molecular formula is C13H24N2O5. The Balaban J connectivity index is 2.58. The van der Waals surface area contributed by atoms with Crippen molar-refractivity contribution in [2.24, 2.45) is 5.92 Å². The van der Waals surface area contributed by atoms with Crippen LogP contribution >= 0.6 is 0 Å². The highest BCUT2D eigenvalue weighted by Crippen LogP contribution is 2.23. The highest BCUT2D eigenvalue weighted by Gasteiger charge is 2.37. The zero-order valence-electron chi connectivity index (χ0n) is 12.3. The molecule has 0 bridgehead atoms. The van der Waals surface area contributed by atoms with Gasteiger partial charge in [-0.1, -0.05) is 6.92 Å². The summed E-state index contributed by atoms with van der Waals surface area (Å²) in [5, 5.41) is 12.0. The Morgan fingerprint density at radius 3 is 2.70 bits per heavy atom. The molecule has 1 fully saturated rings. The van der Waals surface area contributed by atoms with Gasteiger partial charge in [-0.15, -0.1) is 0 Å². The Labute approximate surface area is 119 Å². The molecule has 3 atom stereocenters. The van der Waals surface area contributed by atoms with Crippen LogP contribution in [-0.2, 0) is 14.3 Å². The van der Waals surface area contributed by atoms with E-state index in [0.717, 1.165) is 12.8 Å². The van der Waals surface area contributed by atoms with E-state index < -0.39 is 12.0 Å². The molecule has 0 saturated carbocycles. The first-order chi connectivity index (χ1) is 9.51. The van der Waals surface area contributed by atoms with Crippen LogP contribution in [0.2, 0.25) is 0 Å². The molecule has 2 N–H and O–H groups in total. The van der Waals surface area contributed by atoms with Crippen LogP contribution in [0.5, 0.6) is 0 Å². The summed E-state index contributed by atoms with van der Waals surface area (Å²) >= 11 is 0. The number of methoxy groups -OCH3 is 2.